The Labute approximate surface area is 104 Å². The van der Waals surface area contributed by atoms with Crippen LogP contribution in [0.5, 0.6) is 0 Å². The zero-order chi connectivity index (χ0) is 12.6. The molecule has 0 aliphatic heterocycles. The number of nitrogens with zero attached hydrogens (tertiary/aromatic N) is 2. The molecule has 17 heavy (non-hydrogen) atoms. The summed E-state index contributed by atoms with van der Waals surface area (Å²) in [6.07, 6.45) is 5.90. The smallest absolute Gasteiger partial charge is 0.0635 e. The Bertz CT molecular complexity index is 302. The topological polar surface area (TPSA) is 71.6 Å². The molecular weight excluding hydrogens is 212 g/mol. The molecule has 0 amide bonds. The van der Waals surface area contributed by atoms with Crippen LogP contribution < -0.4 is 10.6 Å². The summed E-state index contributed by atoms with van der Waals surface area (Å²) < 4.78 is 0. The van der Waals surface area contributed by atoms with Crippen LogP contribution in [-0.2, 0) is 0 Å². The Morgan fingerprint density at radius 3 is 2.59 bits per heavy atom. The van der Waals surface area contributed by atoms with Gasteiger partial charge in [-0.15, -0.1) is 0 Å². The molecule has 1 rings (SSSR count). The Morgan fingerprint density at radius 2 is 1.88 bits per heavy atom. The molecule has 0 aromatic carbocycles. The minimum absolute atomic E-state index is 0.0740. The average molecular weight is 234 g/mol. The maximum atomic E-state index is 8.58. The number of nitriles is 2. The molecule has 1 fully saturated rings. The molecule has 0 saturated heterocycles. The van der Waals surface area contributed by atoms with Gasteiger partial charge in [0, 0.05) is 37.5 Å². The fourth-order valence-corrected chi connectivity index (χ4v) is 2.58. The monoisotopic (exact) mass is 234 g/mol. The van der Waals surface area contributed by atoms with Gasteiger partial charge in [0.15, 0.2) is 0 Å². The molecule has 0 heterocycles. The summed E-state index contributed by atoms with van der Waals surface area (Å²) in [6, 6.07) is 4.75. The van der Waals surface area contributed by atoms with Gasteiger partial charge in [-0.25, -0.2) is 0 Å². The van der Waals surface area contributed by atoms with Crippen LogP contribution in [0.4, 0.5) is 0 Å². The quantitative estimate of drug-likeness (QED) is 0.686. The number of hydrogen-bond acceptors (Lipinski definition) is 4. The lowest BCUT2D eigenvalue weighted by molar-refractivity contribution is 0.188. The second-order valence-electron chi connectivity index (χ2n) is 4.91. The molecule has 0 spiro atoms. The second kappa shape index (κ2) is 7.27. The lowest BCUT2D eigenvalue weighted by atomic mass is 9.78. The Morgan fingerprint density at radius 1 is 1.18 bits per heavy atom. The van der Waals surface area contributed by atoms with E-state index in [1.165, 1.54) is 12.8 Å². The van der Waals surface area contributed by atoms with E-state index >= 15 is 0 Å². The molecule has 2 N–H and O–H groups in total. The molecule has 0 radical (unpaired) electrons. The normalized spacial score (nSPS) is 28.3. The van der Waals surface area contributed by atoms with Crippen molar-refractivity contribution in [2.24, 2.45) is 0 Å². The first-order valence-electron chi connectivity index (χ1n) is 6.45. The van der Waals surface area contributed by atoms with E-state index in [0.717, 1.165) is 25.9 Å². The molecule has 1 saturated carbocycles. The van der Waals surface area contributed by atoms with E-state index in [9.17, 15) is 0 Å². The van der Waals surface area contributed by atoms with E-state index < -0.39 is 0 Å². The molecule has 94 valence electrons. The minimum Gasteiger partial charge on any atom is -0.311 e. The van der Waals surface area contributed by atoms with Crippen molar-refractivity contribution in [3.63, 3.8) is 0 Å². The highest BCUT2D eigenvalue weighted by Gasteiger charge is 2.35. The van der Waals surface area contributed by atoms with Crippen LogP contribution in [-0.4, -0.2) is 24.7 Å². The number of nitrogens with one attached hydrogen (secondary N) is 2. The summed E-state index contributed by atoms with van der Waals surface area (Å²) in [6.45, 7) is 3.74. The predicted octanol–water partition coefficient (Wildman–Crippen LogP) is 1.69. The third kappa shape index (κ3) is 4.34. The van der Waals surface area contributed by atoms with Crippen LogP contribution in [0.1, 0.15) is 45.4 Å². The highest BCUT2D eigenvalue weighted by Crippen LogP contribution is 2.28. The van der Waals surface area contributed by atoms with Crippen molar-refractivity contribution in [1.82, 2.24) is 10.6 Å². The van der Waals surface area contributed by atoms with Crippen LogP contribution in [0, 0.1) is 22.7 Å². The van der Waals surface area contributed by atoms with E-state index in [0.29, 0.717) is 18.9 Å². The zero-order valence-corrected chi connectivity index (χ0v) is 10.6. The first kappa shape index (κ1) is 14.0. The van der Waals surface area contributed by atoms with Gasteiger partial charge in [-0.2, -0.15) is 10.5 Å². The number of hydrogen-bond donors (Lipinski definition) is 2. The van der Waals surface area contributed by atoms with E-state index in [1.807, 2.05) is 0 Å². The molecule has 1 aliphatic rings. The van der Waals surface area contributed by atoms with Crippen molar-refractivity contribution in [2.45, 2.75) is 57.0 Å². The van der Waals surface area contributed by atoms with Gasteiger partial charge in [0.25, 0.3) is 0 Å². The first-order valence-corrected chi connectivity index (χ1v) is 6.45. The third-order valence-electron chi connectivity index (χ3n) is 3.60. The molecule has 2 unspecified atom stereocenters. The summed E-state index contributed by atoms with van der Waals surface area (Å²) in [5.74, 6) is 0. The van der Waals surface area contributed by atoms with Crippen LogP contribution in [0.15, 0.2) is 0 Å². The van der Waals surface area contributed by atoms with Gasteiger partial charge in [0.2, 0.25) is 0 Å². The molecule has 2 atom stereocenters. The van der Waals surface area contributed by atoms with Gasteiger partial charge in [-0.3, -0.25) is 0 Å². The summed E-state index contributed by atoms with van der Waals surface area (Å²) in [7, 11) is 0. The minimum atomic E-state index is 0.0740. The van der Waals surface area contributed by atoms with Gasteiger partial charge in [-0.05, 0) is 19.8 Å². The fraction of sp³-hybridized carbons (Fsp3) is 0.846. The van der Waals surface area contributed by atoms with Crippen molar-refractivity contribution >= 4 is 0 Å². The van der Waals surface area contributed by atoms with E-state index in [1.54, 1.807) is 0 Å². The van der Waals surface area contributed by atoms with Gasteiger partial charge in [0.05, 0.1) is 12.1 Å². The lowest BCUT2D eigenvalue weighted by Gasteiger charge is -2.43. The molecule has 4 nitrogen and oxygen atoms in total. The molecule has 0 bridgehead atoms. The average Bonchev–Trinajstić information content (AvgIpc) is 2.32. The molecule has 1 aliphatic carbocycles. The Kier molecular flexibility index (Phi) is 5.97. The van der Waals surface area contributed by atoms with Gasteiger partial charge in [0.1, 0.15) is 0 Å². The highest BCUT2D eigenvalue weighted by atomic mass is 15.1. The summed E-state index contributed by atoms with van der Waals surface area (Å²) in [4.78, 5) is 0. The predicted molar refractivity (Wildman–Crippen MR) is 67.1 cm³/mol. The van der Waals surface area contributed by atoms with Gasteiger partial charge in [-0.1, -0.05) is 12.8 Å². The van der Waals surface area contributed by atoms with Crippen LogP contribution in [0.25, 0.3) is 0 Å². The highest BCUT2D eigenvalue weighted by molar-refractivity contribution is 4.98. The summed E-state index contributed by atoms with van der Waals surface area (Å²) in [5.41, 5.74) is 0.0740. The van der Waals surface area contributed by atoms with E-state index in [2.05, 4.69) is 29.7 Å². The van der Waals surface area contributed by atoms with Crippen molar-refractivity contribution in [1.29, 1.82) is 10.5 Å². The SMILES string of the molecule is CC1(NCCC#N)CCCCC1NCCC#N. The standard InChI is InChI=1S/C13H22N4/c1-13(17-11-5-9-15)7-3-2-6-12(13)16-10-4-8-14/h12,16-17H,2-7,10-11H2,1H3. The molecule has 0 aromatic heterocycles. The zero-order valence-electron chi connectivity index (χ0n) is 10.6. The largest absolute Gasteiger partial charge is 0.311 e. The Balaban J connectivity index is 2.45. The third-order valence-corrected chi connectivity index (χ3v) is 3.60. The fourth-order valence-electron chi connectivity index (χ4n) is 2.58. The van der Waals surface area contributed by atoms with E-state index in [4.69, 9.17) is 10.5 Å². The van der Waals surface area contributed by atoms with Crippen LogP contribution in [0.2, 0.25) is 0 Å². The van der Waals surface area contributed by atoms with Crippen LogP contribution >= 0.6 is 0 Å². The van der Waals surface area contributed by atoms with Crippen molar-refractivity contribution in [3.05, 3.63) is 0 Å². The van der Waals surface area contributed by atoms with Crippen molar-refractivity contribution in [3.8, 4) is 12.1 Å². The van der Waals surface area contributed by atoms with E-state index in [-0.39, 0.29) is 5.54 Å². The molecular formula is C13H22N4. The van der Waals surface area contributed by atoms with Crippen molar-refractivity contribution in [2.75, 3.05) is 13.1 Å². The molecule has 0 aromatic rings. The van der Waals surface area contributed by atoms with Gasteiger partial charge >= 0.3 is 0 Å². The molecule has 4 heteroatoms. The maximum Gasteiger partial charge on any atom is 0.0635 e. The maximum absolute atomic E-state index is 8.58. The van der Waals surface area contributed by atoms with Gasteiger partial charge < -0.3 is 10.6 Å². The number of rotatable bonds is 6. The summed E-state index contributed by atoms with van der Waals surface area (Å²) >= 11 is 0. The summed E-state index contributed by atoms with van der Waals surface area (Å²) in [5, 5.41) is 24.1. The van der Waals surface area contributed by atoms with Crippen molar-refractivity contribution < 1.29 is 0 Å². The lowest BCUT2D eigenvalue weighted by Crippen LogP contribution is -2.59. The Hall–Kier alpha value is -1.10. The first-order chi connectivity index (χ1) is 8.23. The van der Waals surface area contributed by atoms with Crippen LogP contribution in [0.3, 0.4) is 0 Å². The second-order valence-corrected chi connectivity index (χ2v) is 4.91.